The van der Waals surface area contributed by atoms with E-state index in [1.165, 1.54) is 0 Å². The molecule has 0 aliphatic carbocycles. The maximum atomic E-state index is 12.2. The Labute approximate surface area is 148 Å². The first-order valence-corrected chi connectivity index (χ1v) is 8.20. The second-order valence-corrected chi connectivity index (χ2v) is 5.32. The summed E-state index contributed by atoms with van der Waals surface area (Å²) in [6.07, 6.45) is 0. The SMILES string of the molecule is CCN(CC)C(=O)c1ccc(NCc2ccc(OC)c(OC)c2)nn1. The summed E-state index contributed by atoms with van der Waals surface area (Å²) in [6.45, 7) is 5.73. The fraction of sp³-hybridized carbons (Fsp3) is 0.389. The van der Waals surface area contributed by atoms with Crippen LogP contribution in [0.15, 0.2) is 30.3 Å². The fourth-order valence-electron chi connectivity index (χ4n) is 2.40. The van der Waals surface area contributed by atoms with Gasteiger partial charge in [-0.05, 0) is 43.7 Å². The molecule has 1 aromatic carbocycles. The predicted molar refractivity (Wildman–Crippen MR) is 96.2 cm³/mol. The van der Waals surface area contributed by atoms with Crippen LogP contribution in [0.2, 0.25) is 0 Å². The van der Waals surface area contributed by atoms with E-state index in [1.54, 1.807) is 31.3 Å². The number of carbonyl (C=O) groups is 1. The Kier molecular flexibility index (Phi) is 6.56. The van der Waals surface area contributed by atoms with Gasteiger partial charge in [-0.1, -0.05) is 6.07 Å². The van der Waals surface area contributed by atoms with Crippen molar-refractivity contribution in [2.45, 2.75) is 20.4 Å². The molecule has 0 atom stereocenters. The van der Waals surface area contributed by atoms with Crippen molar-refractivity contribution in [3.05, 3.63) is 41.6 Å². The molecule has 7 nitrogen and oxygen atoms in total. The molecule has 0 unspecified atom stereocenters. The summed E-state index contributed by atoms with van der Waals surface area (Å²) in [6, 6.07) is 9.14. The number of aromatic nitrogens is 2. The van der Waals surface area contributed by atoms with Gasteiger partial charge in [-0.25, -0.2) is 0 Å². The van der Waals surface area contributed by atoms with Crippen molar-refractivity contribution in [1.82, 2.24) is 15.1 Å². The van der Waals surface area contributed by atoms with Crippen LogP contribution in [-0.2, 0) is 6.54 Å². The lowest BCUT2D eigenvalue weighted by Crippen LogP contribution is -2.31. The van der Waals surface area contributed by atoms with Crippen LogP contribution in [0, 0.1) is 0 Å². The molecule has 1 aromatic heterocycles. The molecule has 0 aliphatic rings. The van der Waals surface area contributed by atoms with Gasteiger partial charge in [0.25, 0.3) is 5.91 Å². The summed E-state index contributed by atoms with van der Waals surface area (Å²) >= 11 is 0. The van der Waals surface area contributed by atoms with E-state index in [4.69, 9.17) is 9.47 Å². The smallest absolute Gasteiger partial charge is 0.274 e. The second-order valence-electron chi connectivity index (χ2n) is 5.32. The van der Waals surface area contributed by atoms with Gasteiger partial charge in [-0.2, -0.15) is 0 Å². The Bertz CT molecular complexity index is 700. The van der Waals surface area contributed by atoms with Gasteiger partial charge >= 0.3 is 0 Å². The Morgan fingerprint density at radius 2 is 1.76 bits per heavy atom. The van der Waals surface area contributed by atoms with Gasteiger partial charge in [0, 0.05) is 19.6 Å². The molecule has 1 N–H and O–H groups in total. The van der Waals surface area contributed by atoms with Crippen molar-refractivity contribution in [3.63, 3.8) is 0 Å². The molecule has 0 spiro atoms. The van der Waals surface area contributed by atoms with E-state index in [0.29, 0.717) is 42.6 Å². The van der Waals surface area contributed by atoms with Gasteiger partial charge in [0.15, 0.2) is 17.2 Å². The average Bonchev–Trinajstić information content (AvgIpc) is 2.67. The van der Waals surface area contributed by atoms with Crippen LogP contribution in [0.1, 0.15) is 29.9 Å². The Hall–Kier alpha value is -2.83. The van der Waals surface area contributed by atoms with Crippen molar-refractivity contribution < 1.29 is 14.3 Å². The van der Waals surface area contributed by atoms with Gasteiger partial charge in [-0.15, -0.1) is 10.2 Å². The zero-order valence-electron chi connectivity index (χ0n) is 15.1. The van der Waals surface area contributed by atoms with Crippen LogP contribution in [0.25, 0.3) is 0 Å². The van der Waals surface area contributed by atoms with E-state index >= 15 is 0 Å². The first-order valence-electron chi connectivity index (χ1n) is 8.20. The van der Waals surface area contributed by atoms with Crippen molar-refractivity contribution in [2.75, 3.05) is 32.6 Å². The number of hydrogen-bond donors (Lipinski definition) is 1. The molecule has 0 saturated carbocycles. The minimum absolute atomic E-state index is 0.107. The monoisotopic (exact) mass is 344 g/mol. The van der Waals surface area contributed by atoms with E-state index in [-0.39, 0.29) is 5.91 Å². The number of ether oxygens (including phenoxy) is 2. The molecular formula is C18H24N4O3. The number of rotatable bonds is 8. The second kappa shape index (κ2) is 8.86. The molecule has 7 heteroatoms. The highest BCUT2D eigenvalue weighted by Gasteiger charge is 2.14. The molecule has 0 fully saturated rings. The minimum Gasteiger partial charge on any atom is -0.493 e. The fourth-order valence-corrected chi connectivity index (χ4v) is 2.40. The van der Waals surface area contributed by atoms with Crippen molar-refractivity contribution in [2.24, 2.45) is 0 Å². The lowest BCUT2D eigenvalue weighted by Gasteiger charge is -2.17. The van der Waals surface area contributed by atoms with Gasteiger partial charge < -0.3 is 19.7 Å². The third-order valence-electron chi connectivity index (χ3n) is 3.86. The first-order chi connectivity index (χ1) is 12.1. The number of nitrogens with zero attached hydrogens (tertiary/aromatic N) is 3. The molecule has 134 valence electrons. The van der Waals surface area contributed by atoms with Gasteiger partial charge in [-0.3, -0.25) is 4.79 Å². The standard InChI is InChI=1S/C18H24N4O3/c1-5-22(6-2)18(23)14-8-10-17(21-20-14)19-12-13-7-9-15(24-3)16(11-13)25-4/h7-11H,5-6,12H2,1-4H3,(H,19,21). The number of anilines is 1. The largest absolute Gasteiger partial charge is 0.493 e. The summed E-state index contributed by atoms with van der Waals surface area (Å²) in [5.41, 5.74) is 1.36. The van der Waals surface area contributed by atoms with Crippen LogP contribution < -0.4 is 14.8 Å². The molecule has 0 radical (unpaired) electrons. The van der Waals surface area contributed by atoms with E-state index < -0.39 is 0 Å². The molecule has 2 rings (SSSR count). The van der Waals surface area contributed by atoms with E-state index in [9.17, 15) is 4.79 Å². The Balaban J connectivity index is 2.01. The lowest BCUT2D eigenvalue weighted by molar-refractivity contribution is 0.0766. The zero-order chi connectivity index (χ0) is 18.2. The summed E-state index contributed by atoms with van der Waals surface area (Å²) in [7, 11) is 3.21. The zero-order valence-corrected chi connectivity index (χ0v) is 15.1. The van der Waals surface area contributed by atoms with E-state index in [1.807, 2.05) is 32.0 Å². The summed E-state index contributed by atoms with van der Waals surface area (Å²) in [5, 5.41) is 11.3. The quantitative estimate of drug-likeness (QED) is 0.793. The Morgan fingerprint density at radius 3 is 2.32 bits per heavy atom. The number of nitrogens with one attached hydrogen (secondary N) is 1. The topological polar surface area (TPSA) is 76.6 Å². The molecule has 1 heterocycles. The minimum atomic E-state index is -0.107. The molecule has 2 aromatic rings. The third-order valence-corrected chi connectivity index (χ3v) is 3.86. The van der Waals surface area contributed by atoms with Crippen LogP contribution in [0.3, 0.4) is 0 Å². The van der Waals surface area contributed by atoms with Crippen LogP contribution >= 0.6 is 0 Å². The van der Waals surface area contributed by atoms with Crippen LogP contribution in [0.4, 0.5) is 5.82 Å². The lowest BCUT2D eigenvalue weighted by atomic mass is 10.2. The highest BCUT2D eigenvalue weighted by molar-refractivity contribution is 5.92. The van der Waals surface area contributed by atoms with Crippen LogP contribution in [0.5, 0.6) is 11.5 Å². The first kappa shape index (κ1) is 18.5. The summed E-state index contributed by atoms with van der Waals surface area (Å²) < 4.78 is 10.5. The van der Waals surface area contributed by atoms with Crippen molar-refractivity contribution in [3.8, 4) is 11.5 Å². The van der Waals surface area contributed by atoms with Crippen LogP contribution in [-0.4, -0.2) is 48.3 Å². The number of methoxy groups -OCH3 is 2. The summed E-state index contributed by atoms with van der Waals surface area (Å²) in [5.74, 6) is 1.85. The third kappa shape index (κ3) is 4.59. The van der Waals surface area contributed by atoms with E-state index in [0.717, 1.165) is 5.56 Å². The normalized spacial score (nSPS) is 10.2. The maximum absolute atomic E-state index is 12.2. The molecule has 0 bridgehead atoms. The number of benzene rings is 1. The molecule has 0 saturated heterocycles. The highest BCUT2D eigenvalue weighted by Crippen LogP contribution is 2.27. The number of amides is 1. The van der Waals surface area contributed by atoms with Gasteiger partial charge in [0.05, 0.1) is 14.2 Å². The Morgan fingerprint density at radius 1 is 1.04 bits per heavy atom. The predicted octanol–water partition coefficient (Wildman–Crippen LogP) is 2.59. The average molecular weight is 344 g/mol. The van der Waals surface area contributed by atoms with Crippen molar-refractivity contribution >= 4 is 11.7 Å². The van der Waals surface area contributed by atoms with Gasteiger partial charge in [0.2, 0.25) is 0 Å². The number of hydrogen-bond acceptors (Lipinski definition) is 6. The highest BCUT2D eigenvalue weighted by atomic mass is 16.5. The summed E-state index contributed by atoms with van der Waals surface area (Å²) in [4.78, 5) is 13.9. The molecule has 1 amide bonds. The van der Waals surface area contributed by atoms with Crippen molar-refractivity contribution in [1.29, 1.82) is 0 Å². The maximum Gasteiger partial charge on any atom is 0.274 e. The number of carbonyl (C=O) groups excluding carboxylic acids is 1. The van der Waals surface area contributed by atoms with E-state index in [2.05, 4.69) is 15.5 Å². The molecule has 25 heavy (non-hydrogen) atoms. The molecule has 0 aliphatic heterocycles. The molecular weight excluding hydrogens is 320 g/mol. The van der Waals surface area contributed by atoms with Gasteiger partial charge in [0.1, 0.15) is 5.82 Å².